The largest absolute Gasteiger partial charge is 0.354 e. The molecule has 2 atom stereocenters. The van der Waals surface area contributed by atoms with Gasteiger partial charge in [-0.2, -0.15) is 0 Å². The van der Waals surface area contributed by atoms with Gasteiger partial charge >= 0.3 is 0 Å². The molecule has 1 saturated heterocycles. The summed E-state index contributed by atoms with van der Waals surface area (Å²) in [6.07, 6.45) is 2.89. The number of piperidine rings is 1. The van der Waals surface area contributed by atoms with Gasteiger partial charge in [-0.15, -0.1) is 16.7 Å². The summed E-state index contributed by atoms with van der Waals surface area (Å²) in [5.41, 5.74) is 0. The highest BCUT2D eigenvalue weighted by Crippen LogP contribution is 2.24. The molecule has 78 valence electrons. The van der Waals surface area contributed by atoms with Gasteiger partial charge in [0.1, 0.15) is 5.82 Å². The van der Waals surface area contributed by atoms with Crippen molar-refractivity contribution in [2.75, 3.05) is 18.0 Å². The molecule has 4 nitrogen and oxygen atoms in total. The molecule has 1 fully saturated rings. The molecule has 0 N–H and O–H groups in total. The van der Waals surface area contributed by atoms with Crippen molar-refractivity contribution in [1.82, 2.24) is 15.0 Å². The van der Waals surface area contributed by atoms with Crippen molar-refractivity contribution < 1.29 is 0 Å². The average molecular weight is 215 g/mol. The maximum absolute atomic E-state index is 6.18. The molecule has 0 aliphatic carbocycles. The monoisotopic (exact) mass is 214 g/mol. The van der Waals surface area contributed by atoms with Gasteiger partial charge in [0.05, 0.1) is 11.6 Å². The predicted octanol–water partition coefficient (Wildman–Crippen LogP) is 1.27. The predicted molar refractivity (Wildman–Crippen MR) is 56.6 cm³/mol. The molecule has 1 aromatic heterocycles. The first-order chi connectivity index (χ1) is 6.66. The third kappa shape index (κ3) is 1.85. The normalized spacial score (nSPS) is 28.1. The van der Waals surface area contributed by atoms with E-state index in [4.69, 9.17) is 11.6 Å². The van der Waals surface area contributed by atoms with Crippen LogP contribution in [0.15, 0.2) is 6.20 Å². The van der Waals surface area contributed by atoms with Crippen molar-refractivity contribution in [2.45, 2.75) is 18.7 Å². The molecule has 2 unspecified atom stereocenters. The minimum absolute atomic E-state index is 0.244. The number of anilines is 1. The van der Waals surface area contributed by atoms with E-state index >= 15 is 0 Å². The Morgan fingerprint density at radius 2 is 2.29 bits per heavy atom. The Hall–Kier alpha value is -0.770. The van der Waals surface area contributed by atoms with Gasteiger partial charge in [-0.3, -0.25) is 0 Å². The molecular weight excluding hydrogens is 200 g/mol. The van der Waals surface area contributed by atoms with E-state index in [1.54, 1.807) is 10.9 Å². The summed E-state index contributed by atoms with van der Waals surface area (Å²) in [4.78, 5) is 2.26. The van der Waals surface area contributed by atoms with E-state index in [9.17, 15) is 0 Å². The van der Waals surface area contributed by atoms with E-state index in [0.29, 0.717) is 5.92 Å². The first kappa shape index (κ1) is 9.77. The van der Waals surface area contributed by atoms with Gasteiger partial charge in [0.2, 0.25) is 0 Å². The van der Waals surface area contributed by atoms with Crippen LogP contribution in [0.2, 0.25) is 0 Å². The molecule has 1 aliphatic rings. The lowest BCUT2D eigenvalue weighted by atomic mass is 10.00. The summed E-state index contributed by atoms with van der Waals surface area (Å²) >= 11 is 6.18. The highest BCUT2D eigenvalue weighted by molar-refractivity contribution is 6.21. The van der Waals surface area contributed by atoms with Crippen LogP contribution in [0.5, 0.6) is 0 Å². The summed E-state index contributed by atoms with van der Waals surface area (Å²) in [7, 11) is 1.91. The van der Waals surface area contributed by atoms with Crippen LogP contribution in [0.1, 0.15) is 13.3 Å². The number of hydrogen-bond acceptors (Lipinski definition) is 3. The topological polar surface area (TPSA) is 34.0 Å². The van der Waals surface area contributed by atoms with Gasteiger partial charge in [0.15, 0.2) is 0 Å². The van der Waals surface area contributed by atoms with Gasteiger partial charge in [-0.25, -0.2) is 4.68 Å². The molecule has 5 heteroatoms. The third-order valence-electron chi connectivity index (χ3n) is 2.62. The lowest BCUT2D eigenvalue weighted by Gasteiger charge is -2.34. The SMILES string of the molecule is CC1CC(Cl)CN(c2cnnn2C)C1. The van der Waals surface area contributed by atoms with Crippen molar-refractivity contribution in [3.8, 4) is 0 Å². The van der Waals surface area contributed by atoms with E-state index in [1.807, 2.05) is 7.05 Å². The number of aromatic nitrogens is 3. The van der Waals surface area contributed by atoms with Crippen molar-refractivity contribution in [3.63, 3.8) is 0 Å². The minimum Gasteiger partial charge on any atom is -0.354 e. The fraction of sp³-hybridized carbons (Fsp3) is 0.778. The van der Waals surface area contributed by atoms with Crippen LogP contribution in [0.3, 0.4) is 0 Å². The highest BCUT2D eigenvalue weighted by atomic mass is 35.5. The molecule has 0 saturated carbocycles. The maximum atomic E-state index is 6.18. The van der Waals surface area contributed by atoms with Crippen molar-refractivity contribution in [1.29, 1.82) is 0 Å². The molecule has 0 spiro atoms. The quantitative estimate of drug-likeness (QED) is 0.661. The zero-order valence-electron chi connectivity index (χ0n) is 8.52. The van der Waals surface area contributed by atoms with Crippen LogP contribution in [0, 0.1) is 5.92 Å². The first-order valence-electron chi connectivity index (χ1n) is 4.90. The first-order valence-corrected chi connectivity index (χ1v) is 5.34. The Morgan fingerprint density at radius 1 is 1.50 bits per heavy atom. The molecule has 0 aromatic carbocycles. The van der Waals surface area contributed by atoms with Gasteiger partial charge < -0.3 is 4.90 Å². The van der Waals surface area contributed by atoms with Crippen LogP contribution < -0.4 is 4.90 Å². The number of nitrogens with zero attached hydrogens (tertiary/aromatic N) is 4. The molecule has 1 aliphatic heterocycles. The molecule has 2 heterocycles. The number of halogens is 1. The Balaban J connectivity index is 2.15. The van der Waals surface area contributed by atoms with Gasteiger partial charge in [0.25, 0.3) is 0 Å². The fourth-order valence-corrected chi connectivity index (χ4v) is 2.50. The maximum Gasteiger partial charge on any atom is 0.147 e. The standard InChI is InChI=1S/C9H15ClN4/c1-7-3-8(10)6-14(5-7)9-4-11-12-13(9)2/h4,7-8H,3,5-6H2,1-2H3. The Labute approximate surface area is 88.8 Å². The molecule has 0 radical (unpaired) electrons. The number of rotatable bonds is 1. The molecule has 1 aromatic rings. The van der Waals surface area contributed by atoms with Gasteiger partial charge in [-0.1, -0.05) is 12.1 Å². The summed E-state index contributed by atoms with van der Waals surface area (Å²) < 4.78 is 1.79. The second kappa shape index (κ2) is 3.77. The lowest BCUT2D eigenvalue weighted by molar-refractivity contribution is 0.445. The summed E-state index contributed by atoms with van der Waals surface area (Å²) in [5, 5.41) is 8.04. The van der Waals surface area contributed by atoms with Crippen LogP contribution in [0.4, 0.5) is 5.82 Å². The van der Waals surface area contributed by atoms with E-state index in [1.165, 1.54) is 0 Å². The zero-order chi connectivity index (χ0) is 10.1. The van der Waals surface area contributed by atoms with Crippen LogP contribution in [-0.2, 0) is 7.05 Å². The molecule has 14 heavy (non-hydrogen) atoms. The van der Waals surface area contributed by atoms with Crippen molar-refractivity contribution in [2.24, 2.45) is 13.0 Å². The van der Waals surface area contributed by atoms with Gasteiger partial charge in [0, 0.05) is 20.1 Å². The summed E-state index contributed by atoms with van der Waals surface area (Å²) in [6.45, 7) is 4.17. The second-order valence-corrected chi connectivity index (χ2v) is 4.68. The summed E-state index contributed by atoms with van der Waals surface area (Å²) in [5.74, 6) is 1.70. The highest BCUT2D eigenvalue weighted by Gasteiger charge is 2.24. The van der Waals surface area contributed by atoms with Gasteiger partial charge in [-0.05, 0) is 12.3 Å². The Kier molecular flexibility index (Phi) is 2.63. The lowest BCUT2D eigenvalue weighted by Crippen LogP contribution is -2.41. The molecule has 0 amide bonds. The van der Waals surface area contributed by atoms with Crippen molar-refractivity contribution >= 4 is 17.4 Å². The number of hydrogen-bond donors (Lipinski definition) is 0. The Morgan fingerprint density at radius 3 is 2.86 bits per heavy atom. The van der Waals surface area contributed by atoms with E-state index in [0.717, 1.165) is 25.3 Å². The Bertz CT molecular complexity index is 302. The smallest absolute Gasteiger partial charge is 0.147 e. The van der Waals surface area contributed by atoms with E-state index in [-0.39, 0.29) is 5.38 Å². The van der Waals surface area contributed by atoms with Crippen LogP contribution in [-0.4, -0.2) is 33.5 Å². The van der Waals surface area contributed by atoms with Crippen LogP contribution in [0.25, 0.3) is 0 Å². The van der Waals surface area contributed by atoms with Crippen LogP contribution >= 0.6 is 11.6 Å². The van der Waals surface area contributed by atoms with Crippen molar-refractivity contribution in [3.05, 3.63) is 6.20 Å². The van der Waals surface area contributed by atoms with E-state index in [2.05, 4.69) is 22.1 Å². The number of alkyl halides is 1. The molecule has 2 rings (SSSR count). The molecular formula is C9H15ClN4. The zero-order valence-corrected chi connectivity index (χ0v) is 9.28. The van der Waals surface area contributed by atoms with E-state index < -0.39 is 0 Å². The third-order valence-corrected chi connectivity index (χ3v) is 2.94. The minimum atomic E-state index is 0.244. The molecule has 0 bridgehead atoms. The second-order valence-electron chi connectivity index (χ2n) is 4.06. The average Bonchev–Trinajstić information content (AvgIpc) is 2.49. The fourth-order valence-electron chi connectivity index (χ4n) is 2.03. The number of aryl methyl sites for hydroxylation is 1. The summed E-state index contributed by atoms with van der Waals surface area (Å²) in [6, 6.07) is 0.